The molecule has 31 heavy (non-hydrogen) atoms. The van der Waals surface area contributed by atoms with Crippen molar-refractivity contribution >= 4 is 11.6 Å². The molecule has 0 aromatic heterocycles. The first-order valence-electron chi connectivity index (χ1n) is 9.42. The molecular formula is C21H19F6NO3. The molecule has 1 aliphatic heterocycles. The van der Waals surface area contributed by atoms with E-state index in [0.717, 1.165) is 6.07 Å². The molecule has 4 nitrogen and oxygen atoms in total. The minimum absolute atomic E-state index is 0.120. The summed E-state index contributed by atoms with van der Waals surface area (Å²) in [4.78, 5) is 14.0. The molecule has 0 radical (unpaired) electrons. The Hall–Kier alpha value is -2.75. The number of halogens is 6. The molecule has 0 spiro atoms. The van der Waals surface area contributed by atoms with Gasteiger partial charge in [-0.3, -0.25) is 4.79 Å². The van der Waals surface area contributed by atoms with Crippen molar-refractivity contribution in [3.63, 3.8) is 0 Å². The topological polar surface area (TPSA) is 49.8 Å². The first-order chi connectivity index (χ1) is 14.4. The maximum Gasteiger partial charge on any atom is 0.430 e. The molecule has 0 fully saturated rings. The number of benzene rings is 2. The molecule has 2 aromatic rings. The van der Waals surface area contributed by atoms with Crippen LogP contribution in [0.4, 0.5) is 32.0 Å². The molecular weight excluding hydrogens is 428 g/mol. The van der Waals surface area contributed by atoms with Gasteiger partial charge in [-0.25, -0.2) is 0 Å². The number of carbonyl (C=O) groups is 1. The lowest BCUT2D eigenvalue weighted by Gasteiger charge is -2.33. The van der Waals surface area contributed by atoms with Gasteiger partial charge in [0.05, 0.1) is 0 Å². The van der Waals surface area contributed by atoms with Crippen LogP contribution in [0.2, 0.25) is 0 Å². The van der Waals surface area contributed by atoms with Crippen LogP contribution in [0.15, 0.2) is 48.5 Å². The fourth-order valence-corrected chi connectivity index (χ4v) is 3.47. The lowest BCUT2D eigenvalue weighted by molar-refractivity contribution is -0.376. The number of anilines is 1. The zero-order valence-corrected chi connectivity index (χ0v) is 16.1. The van der Waals surface area contributed by atoms with E-state index in [0.29, 0.717) is 30.7 Å². The average Bonchev–Trinajstić information content (AvgIpc) is 2.92. The molecule has 1 N–H and O–H groups in total. The number of fused-ring (bicyclic) bond motifs is 1. The van der Waals surface area contributed by atoms with Crippen LogP contribution in [-0.4, -0.2) is 36.5 Å². The van der Waals surface area contributed by atoms with Crippen LogP contribution in [0.5, 0.6) is 5.75 Å². The van der Waals surface area contributed by atoms with Gasteiger partial charge in [-0.1, -0.05) is 30.3 Å². The van der Waals surface area contributed by atoms with Gasteiger partial charge >= 0.3 is 12.4 Å². The van der Waals surface area contributed by atoms with Crippen LogP contribution < -0.4 is 9.64 Å². The maximum absolute atomic E-state index is 13.2. The van der Waals surface area contributed by atoms with Gasteiger partial charge in [0.2, 0.25) is 0 Å². The van der Waals surface area contributed by atoms with Gasteiger partial charge in [0, 0.05) is 17.8 Å². The first kappa shape index (κ1) is 22.9. The summed E-state index contributed by atoms with van der Waals surface area (Å²) in [5, 5.41) is 9.66. The molecule has 0 aliphatic carbocycles. The van der Waals surface area contributed by atoms with Crippen molar-refractivity contribution in [2.24, 2.45) is 0 Å². The summed E-state index contributed by atoms with van der Waals surface area (Å²) >= 11 is 0. The van der Waals surface area contributed by atoms with Crippen molar-refractivity contribution in [3.8, 4) is 5.75 Å². The van der Waals surface area contributed by atoms with E-state index in [1.807, 2.05) is 0 Å². The summed E-state index contributed by atoms with van der Waals surface area (Å²) < 4.78 is 84.7. The molecule has 0 bridgehead atoms. The van der Waals surface area contributed by atoms with Gasteiger partial charge in [-0.15, -0.1) is 0 Å². The highest BCUT2D eigenvalue weighted by molar-refractivity contribution is 5.95. The summed E-state index contributed by atoms with van der Waals surface area (Å²) in [6.07, 6.45) is -10.8. The summed E-state index contributed by atoms with van der Waals surface area (Å²) in [6, 6.07) is 10.7. The van der Waals surface area contributed by atoms with E-state index in [2.05, 4.69) is 0 Å². The number of aryl methyl sites for hydroxylation is 1. The number of nitrogens with zero attached hydrogens (tertiary/aromatic N) is 1. The molecule has 1 aliphatic rings. The second-order valence-corrected chi connectivity index (χ2v) is 7.15. The SMILES string of the molecule is O=C(COc1ccccc1)N1CCCCc2cc(C(O)(C(F)(F)F)C(F)(F)F)ccc21. The zero-order valence-electron chi connectivity index (χ0n) is 16.1. The quantitative estimate of drug-likeness (QED) is 0.689. The smallest absolute Gasteiger partial charge is 0.430 e. The summed E-state index contributed by atoms with van der Waals surface area (Å²) in [5.41, 5.74) is -6.02. The zero-order chi connectivity index (χ0) is 22.9. The van der Waals surface area contributed by atoms with E-state index in [-0.39, 0.29) is 30.8 Å². The first-order valence-corrected chi connectivity index (χ1v) is 9.42. The minimum Gasteiger partial charge on any atom is -0.484 e. The number of rotatable bonds is 4. The molecule has 168 valence electrons. The van der Waals surface area contributed by atoms with E-state index in [4.69, 9.17) is 4.74 Å². The minimum atomic E-state index is -5.97. The number of para-hydroxylation sites is 1. The second-order valence-electron chi connectivity index (χ2n) is 7.15. The molecule has 3 rings (SSSR count). The molecule has 0 unspecified atom stereocenters. The standard InChI is InChI=1S/C21H19F6NO3/c22-20(23,24)19(30,21(25,26)27)15-9-10-17-14(12-15)6-4-5-11-28(17)18(29)13-31-16-7-2-1-3-8-16/h1-3,7-10,12,30H,4-6,11,13H2. The van der Waals surface area contributed by atoms with Crippen molar-refractivity contribution in [2.75, 3.05) is 18.1 Å². The Morgan fingerprint density at radius 2 is 1.61 bits per heavy atom. The summed E-state index contributed by atoms with van der Waals surface area (Å²) in [6.45, 7) is -0.105. The Labute approximate surface area is 174 Å². The van der Waals surface area contributed by atoms with Crippen molar-refractivity contribution < 1.29 is 41.0 Å². The van der Waals surface area contributed by atoms with Gasteiger partial charge in [0.1, 0.15) is 5.75 Å². The van der Waals surface area contributed by atoms with Crippen LogP contribution >= 0.6 is 0 Å². The van der Waals surface area contributed by atoms with Gasteiger partial charge in [-0.2, -0.15) is 26.3 Å². The van der Waals surface area contributed by atoms with Gasteiger partial charge in [0.25, 0.3) is 11.5 Å². The molecule has 0 saturated heterocycles. The number of amides is 1. The van der Waals surface area contributed by atoms with E-state index in [1.165, 1.54) is 4.90 Å². The molecule has 0 atom stereocenters. The maximum atomic E-state index is 13.2. The van der Waals surface area contributed by atoms with Gasteiger partial charge in [0.15, 0.2) is 6.61 Å². The molecule has 1 amide bonds. The van der Waals surface area contributed by atoms with Crippen LogP contribution in [0, 0.1) is 0 Å². The highest BCUT2D eigenvalue weighted by Gasteiger charge is 2.71. The predicted molar refractivity (Wildman–Crippen MR) is 99.7 cm³/mol. The lowest BCUT2D eigenvalue weighted by Crippen LogP contribution is -2.54. The Kier molecular flexibility index (Phi) is 6.22. The highest BCUT2D eigenvalue weighted by Crippen LogP contribution is 2.50. The van der Waals surface area contributed by atoms with E-state index in [9.17, 15) is 36.2 Å². The van der Waals surface area contributed by atoms with Crippen molar-refractivity contribution in [1.82, 2.24) is 0 Å². The van der Waals surface area contributed by atoms with Crippen LogP contribution in [0.25, 0.3) is 0 Å². The third kappa shape index (κ3) is 4.48. The fraction of sp³-hybridized carbons (Fsp3) is 0.381. The molecule has 10 heteroatoms. The van der Waals surface area contributed by atoms with Crippen LogP contribution in [0.1, 0.15) is 24.0 Å². The van der Waals surface area contributed by atoms with Crippen LogP contribution in [-0.2, 0) is 16.8 Å². The van der Waals surface area contributed by atoms with E-state index in [1.54, 1.807) is 30.3 Å². The van der Waals surface area contributed by atoms with Gasteiger partial charge in [-0.05, 0) is 43.0 Å². The third-order valence-electron chi connectivity index (χ3n) is 5.09. The average molecular weight is 447 g/mol. The highest BCUT2D eigenvalue weighted by atomic mass is 19.4. The third-order valence-corrected chi connectivity index (χ3v) is 5.09. The Bertz CT molecular complexity index is 913. The Balaban J connectivity index is 1.92. The summed E-state index contributed by atoms with van der Waals surface area (Å²) in [7, 11) is 0. The largest absolute Gasteiger partial charge is 0.484 e. The molecule has 1 heterocycles. The Morgan fingerprint density at radius 1 is 0.968 bits per heavy atom. The van der Waals surface area contributed by atoms with Crippen molar-refractivity contribution in [1.29, 1.82) is 0 Å². The second kappa shape index (κ2) is 8.41. The number of aliphatic hydroxyl groups is 1. The Morgan fingerprint density at radius 3 is 2.23 bits per heavy atom. The van der Waals surface area contributed by atoms with Crippen LogP contribution in [0.3, 0.4) is 0 Å². The van der Waals surface area contributed by atoms with Gasteiger partial charge < -0.3 is 14.7 Å². The normalized spacial score (nSPS) is 15.3. The number of hydrogen-bond acceptors (Lipinski definition) is 3. The molecule has 0 saturated carbocycles. The number of hydrogen-bond donors (Lipinski definition) is 1. The fourth-order valence-electron chi connectivity index (χ4n) is 3.47. The van der Waals surface area contributed by atoms with E-state index < -0.39 is 29.4 Å². The van der Waals surface area contributed by atoms with E-state index >= 15 is 0 Å². The van der Waals surface area contributed by atoms with Crippen molar-refractivity contribution in [3.05, 3.63) is 59.7 Å². The summed E-state index contributed by atoms with van der Waals surface area (Å²) in [5.74, 6) is -0.0386. The number of ether oxygens (including phenoxy) is 1. The number of alkyl halides is 6. The predicted octanol–water partition coefficient (Wildman–Crippen LogP) is 4.75. The molecule has 2 aromatic carbocycles. The number of carbonyl (C=O) groups excluding carboxylic acids is 1. The lowest BCUT2D eigenvalue weighted by atomic mass is 9.89. The monoisotopic (exact) mass is 447 g/mol. The van der Waals surface area contributed by atoms with Crippen molar-refractivity contribution in [2.45, 2.75) is 37.2 Å².